The normalized spacial score (nSPS) is 14.7. The average Bonchev–Trinajstić information content (AvgIpc) is 2.71. The lowest BCUT2D eigenvalue weighted by atomic mass is 9.97. The fourth-order valence-electron chi connectivity index (χ4n) is 3.30. The zero-order valence-corrected chi connectivity index (χ0v) is 17.1. The molecule has 166 valence electrons. The van der Waals surface area contributed by atoms with E-state index >= 15 is 0 Å². The van der Waals surface area contributed by atoms with Gasteiger partial charge in [-0.25, -0.2) is 0 Å². The summed E-state index contributed by atoms with van der Waals surface area (Å²) in [6.45, 7) is 2.95. The Morgan fingerprint density at radius 3 is 2.62 bits per heavy atom. The predicted octanol–water partition coefficient (Wildman–Crippen LogP) is 2.11. The number of nitrogens with zero attached hydrogens (tertiary/aromatic N) is 4. The highest BCUT2D eigenvalue weighted by Gasteiger charge is 2.28. The molecular weight excluding hydrogens is 424 g/mol. The van der Waals surface area contributed by atoms with Gasteiger partial charge in [0.2, 0.25) is 0 Å². The lowest BCUT2D eigenvalue weighted by molar-refractivity contribution is -0.789. The van der Waals surface area contributed by atoms with Gasteiger partial charge >= 0.3 is 0 Å². The number of nitriles is 1. The van der Waals surface area contributed by atoms with Gasteiger partial charge in [0, 0.05) is 24.2 Å². The van der Waals surface area contributed by atoms with Gasteiger partial charge in [0.15, 0.2) is 0 Å². The lowest BCUT2D eigenvalue weighted by Gasteiger charge is -2.31. The van der Waals surface area contributed by atoms with Crippen molar-refractivity contribution in [3.05, 3.63) is 89.9 Å². The largest absolute Gasteiger partial charge is 0.483 e. The molecule has 1 aliphatic rings. The fourth-order valence-corrected chi connectivity index (χ4v) is 3.30. The highest BCUT2D eigenvalue weighted by molar-refractivity contribution is 5.74. The third kappa shape index (κ3) is 5.20. The van der Waals surface area contributed by atoms with E-state index in [1.165, 1.54) is 22.9 Å². The smallest absolute Gasteiger partial charge is 0.294 e. The molecule has 0 fully saturated rings. The van der Waals surface area contributed by atoms with E-state index in [1.54, 1.807) is 38.1 Å². The maximum absolute atomic E-state index is 12.7. The maximum Gasteiger partial charge on any atom is 0.294 e. The number of benzene rings is 1. The molecule has 32 heavy (non-hydrogen) atoms. The zero-order chi connectivity index (χ0) is 23.5. The molecule has 0 radical (unpaired) electrons. The van der Waals surface area contributed by atoms with Gasteiger partial charge in [-0.05, 0) is 43.7 Å². The van der Waals surface area contributed by atoms with Crippen molar-refractivity contribution < 1.29 is 24.6 Å². The summed E-state index contributed by atoms with van der Waals surface area (Å²) in [7, 11) is 0. The summed E-state index contributed by atoms with van der Waals surface area (Å²) in [4.78, 5) is 42.6. The molecule has 12 heteroatoms. The highest BCUT2D eigenvalue weighted by Crippen LogP contribution is 2.36. The maximum atomic E-state index is 12.7. The summed E-state index contributed by atoms with van der Waals surface area (Å²) in [5.41, 5.74) is 0.651. The number of ether oxygens (including phenoxy) is 1. The Balaban J connectivity index is 2.02. The van der Waals surface area contributed by atoms with E-state index in [0.29, 0.717) is 28.1 Å². The molecule has 2 aromatic rings. The van der Waals surface area contributed by atoms with Crippen LogP contribution in [0.1, 0.15) is 30.5 Å². The summed E-state index contributed by atoms with van der Waals surface area (Å²) in [6.07, 6.45) is 1.79. The van der Waals surface area contributed by atoms with Crippen molar-refractivity contribution in [3.8, 4) is 11.8 Å². The van der Waals surface area contributed by atoms with Crippen LogP contribution < -0.4 is 10.3 Å². The molecule has 12 nitrogen and oxygen atoms in total. The second-order valence-electron chi connectivity index (χ2n) is 7.48. The lowest BCUT2D eigenvalue weighted by Crippen LogP contribution is -2.32. The van der Waals surface area contributed by atoms with Crippen LogP contribution in [0.3, 0.4) is 0 Å². The molecule has 0 amide bonds. The molecule has 0 saturated carbocycles. The molecule has 0 N–H and O–H groups in total. The molecular formula is C20H18N4O8. The molecule has 1 aromatic heterocycles. The summed E-state index contributed by atoms with van der Waals surface area (Å²) in [5, 5.41) is 28.3. The van der Waals surface area contributed by atoms with E-state index < -0.39 is 28.5 Å². The molecule has 0 bridgehead atoms. The first-order valence-electron chi connectivity index (χ1n) is 9.35. The average molecular weight is 442 g/mol. The van der Waals surface area contributed by atoms with Crippen molar-refractivity contribution in [1.29, 1.82) is 5.26 Å². The Labute approximate surface area is 181 Å². The zero-order valence-electron chi connectivity index (χ0n) is 17.1. The molecule has 0 spiro atoms. The van der Waals surface area contributed by atoms with Crippen molar-refractivity contribution in [2.24, 2.45) is 0 Å². The molecule has 1 aromatic carbocycles. The Morgan fingerprint density at radius 2 is 1.97 bits per heavy atom. The van der Waals surface area contributed by atoms with Crippen LogP contribution >= 0.6 is 0 Å². The molecule has 1 atom stereocenters. The highest BCUT2D eigenvalue weighted by atomic mass is 17.0. The number of hydrogen-bond donors (Lipinski definition) is 0. The van der Waals surface area contributed by atoms with Crippen LogP contribution in [0, 0.1) is 31.6 Å². The Bertz CT molecular complexity index is 1190. The fraction of sp³-hybridized carbons (Fsp3) is 0.300. The van der Waals surface area contributed by atoms with Crippen LogP contribution in [0.4, 0.5) is 0 Å². The van der Waals surface area contributed by atoms with Crippen molar-refractivity contribution in [2.45, 2.75) is 32.0 Å². The number of fused-ring (bicyclic) bond motifs is 1. The van der Waals surface area contributed by atoms with Crippen molar-refractivity contribution in [3.63, 3.8) is 0 Å². The second-order valence-corrected chi connectivity index (χ2v) is 7.48. The summed E-state index contributed by atoms with van der Waals surface area (Å²) in [6, 6.07) is 9.60. The van der Waals surface area contributed by atoms with Gasteiger partial charge in [-0.15, -0.1) is 20.2 Å². The minimum Gasteiger partial charge on any atom is -0.483 e. The van der Waals surface area contributed by atoms with Gasteiger partial charge in [0.25, 0.3) is 15.7 Å². The first-order valence-corrected chi connectivity index (χ1v) is 9.35. The molecule has 0 aliphatic carbocycles. The standard InChI is InChI=1S/C20H18N4O8/c1-20(2)9-17(16-8-13(10-21)3-5-18(16)31-20)22-11-14(4-6-19(22)25)7-15(32-24(28)29)12-30-23(26)27/h3-6,8-9,11,15H,7,12H2,1-2H3. The van der Waals surface area contributed by atoms with Gasteiger partial charge in [-0.1, -0.05) is 6.07 Å². The Morgan fingerprint density at radius 1 is 1.22 bits per heavy atom. The monoisotopic (exact) mass is 442 g/mol. The summed E-state index contributed by atoms with van der Waals surface area (Å²) in [5.74, 6) is 0.484. The van der Waals surface area contributed by atoms with Gasteiger partial charge < -0.3 is 14.4 Å². The Hall–Kier alpha value is -4.40. The number of hydrogen-bond acceptors (Lipinski definition) is 9. The molecule has 0 saturated heterocycles. The first kappa shape index (κ1) is 22.3. The van der Waals surface area contributed by atoms with Crippen LogP contribution in [0.15, 0.2) is 47.4 Å². The van der Waals surface area contributed by atoms with Crippen LogP contribution in [0.2, 0.25) is 0 Å². The third-order valence-electron chi connectivity index (χ3n) is 4.54. The van der Waals surface area contributed by atoms with E-state index in [4.69, 9.17) is 4.74 Å². The van der Waals surface area contributed by atoms with Crippen molar-refractivity contribution >= 4 is 5.70 Å². The summed E-state index contributed by atoms with van der Waals surface area (Å²) < 4.78 is 7.26. The van der Waals surface area contributed by atoms with E-state index in [-0.39, 0.29) is 12.0 Å². The van der Waals surface area contributed by atoms with Crippen LogP contribution in [0.5, 0.6) is 5.75 Å². The molecule has 1 unspecified atom stereocenters. The molecule has 3 rings (SSSR count). The SMILES string of the molecule is CC1(C)C=C(n2cc(CC(CO[N+](=O)[O-])O[N+](=O)[O-])ccc2=O)c2cc(C#N)ccc2O1. The van der Waals surface area contributed by atoms with E-state index in [9.17, 15) is 30.3 Å². The molecule has 1 aliphatic heterocycles. The van der Waals surface area contributed by atoms with Crippen molar-refractivity contribution in [2.75, 3.05) is 6.61 Å². The third-order valence-corrected chi connectivity index (χ3v) is 4.54. The van der Waals surface area contributed by atoms with Gasteiger partial charge in [0.05, 0.1) is 17.3 Å². The molecule has 2 heterocycles. The number of aromatic nitrogens is 1. The predicted molar refractivity (Wildman–Crippen MR) is 108 cm³/mol. The minimum absolute atomic E-state index is 0.132. The Kier molecular flexibility index (Phi) is 6.10. The van der Waals surface area contributed by atoms with Crippen LogP contribution in [-0.2, 0) is 16.1 Å². The van der Waals surface area contributed by atoms with E-state index in [0.717, 1.165) is 0 Å². The number of rotatable bonds is 8. The second kappa shape index (κ2) is 8.76. The quantitative estimate of drug-likeness (QED) is 0.440. The van der Waals surface area contributed by atoms with Crippen molar-refractivity contribution in [1.82, 2.24) is 4.57 Å². The van der Waals surface area contributed by atoms with Gasteiger partial charge in [0.1, 0.15) is 24.1 Å². The topological polar surface area (TPSA) is 160 Å². The van der Waals surface area contributed by atoms with Crippen LogP contribution in [0.25, 0.3) is 5.70 Å². The minimum atomic E-state index is -1.26. The first-order chi connectivity index (χ1) is 15.1. The van der Waals surface area contributed by atoms with Crippen LogP contribution in [-0.4, -0.2) is 33.1 Å². The van der Waals surface area contributed by atoms with E-state index in [1.807, 2.05) is 6.07 Å². The summed E-state index contributed by atoms with van der Waals surface area (Å²) >= 11 is 0. The van der Waals surface area contributed by atoms with Gasteiger partial charge in [-0.3, -0.25) is 9.36 Å². The van der Waals surface area contributed by atoms with Gasteiger partial charge in [-0.2, -0.15) is 5.26 Å². The number of pyridine rings is 1. The van der Waals surface area contributed by atoms with E-state index in [2.05, 4.69) is 9.68 Å².